The molecule has 4 saturated carbocycles. The highest BCUT2D eigenvalue weighted by molar-refractivity contribution is 7.55. The van der Waals surface area contributed by atoms with Gasteiger partial charge in [0.1, 0.15) is 0 Å². The molecule has 0 amide bonds. The van der Waals surface area contributed by atoms with Crippen LogP contribution in [0.1, 0.15) is 174 Å². The normalized spacial score (nSPS) is 23.4. The Morgan fingerprint density at radius 2 is 0.703 bits per heavy atom. The second-order valence-corrected chi connectivity index (χ2v) is 14.4. The smallest absolute Gasteiger partial charge is 0.0153 e. The van der Waals surface area contributed by atoms with Gasteiger partial charge in [-0.05, 0) is 108 Å². The molecule has 0 spiro atoms. The van der Waals surface area contributed by atoms with Gasteiger partial charge in [0.2, 0.25) is 0 Å². The molecule has 0 unspecified atom stereocenters. The highest BCUT2D eigenvalue weighted by Gasteiger charge is 2.29. The maximum Gasteiger partial charge on any atom is -0.0153 e. The number of benzene rings is 2. The first-order valence-electron chi connectivity index (χ1n) is 16.4. The topological polar surface area (TPSA) is 0 Å². The van der Waals surface area contributed by atoms with Crippen molar-refractivity contribution in [3.63, 3.8) is 0 Å². The van der Waals surface area contributed by atoms with Crippen LogP contribution in [0.4, 0.5) is 0 Å². The summed E-state index contributed by atoms with van der Waals surface area (Å²) in [7, 11) is 0.844. The van der Waals surface area contributed by atoms with Crippen LogP contribution in [0, 0.1) is 0 Å². The van der Waals surface area contributed by atoms with Gasteiger partial charge >= 0.3 is 0 Å². The monoisotopic (exact) mass is 514 g/mol. The van der Waals surface area contributed by atoms with Gasteiger partial charge in [-0.25, -0.2) is 0 Å². The van der Waals surface area contributed by atoms with E-state index in [0.717, 1.165) is 32.3 Å². The van der Waals surface area contributed by atoms with Crippen molar-refractivity contribution >= 4 is 19.2 Å². The molecule has 4 aliphatic carbocycles. The summed E-state index contributed by atoms with van der Waals surface area (Å²) in [5, 5.41) is 3.46. The van der Waals surface area contributed by atoms with Crippen LogP contribution >= 0.6 is 8.58 Å². The van der Waals surface area contributed by atoms with Crippen molar-refractivity contribution in [2.24, 2.45) is 0 Å². The molecule has 0 bridgehead atoms. The van der Waals surface area contributed by atoms with E-state index in [1.807, 2.05) is 11.1 Å². The van der Waals surface area contributed by atoms with E-state index in [0.29, 0.717) is 0 Å². The van der Waals surface area contributed by atoms with Crippen molar-refractivity contribution in [2.75, 3.05) is 0 Å². The van der Waals surface area contributed by atoms with E-state index < -0.39 is 0 Å². The minimum atomic E-state index is 0.814. The van der Waals surface area contributed by atoms with Gasteiger partial charge in [-0.3, -0.25) is 0 Å². The van der Waals surface area contributed by atoms with Gasteiger partial charge in [-0.2, -0.15) is 0 Å². The molecule has 0 atom stereocenters. The lowest BCUT2D eigenvalue weighted by molar-refractivity contribution is 0.420. The fourth-order valence-electron chi connectivity index (χ4n) is 8.76. The van der Waals surface area contributed by atoms with Crippen molar-refractivity contribution in [3.05, 3.63) is 58.7 Å². The molecule has 4 fully saturated rings. The fourth-order valence-corrected chi connectivity index (χ4v) is 10.4. The van der Waals surface area contributed by atoms with Crippen LogP contribution in [0.5, 0.6) is 0 Å². The largest absolute Gasteiger partial charge is 0.0613 e. The lowest BCUT2D eigenvalue weighted by Crippen LogP contribution is -2.23. The van der Waals surface area contributed by atoms with Crippen LogP contribution in [-0.4, -0.2) is 0 Å². The summed E-state index contributed by atoms with van der Waals surface area (Å²) < 4.78 is 0. The van der Waals surface area contributed by atoms with Crippen LogP contribution in [0.15, 0.2) is 36.4 Å². The van der Waals surface area contributed by atoms with E-state index in [1.165, 1.54) is 128 Å². The van der Waals surface area contributed by atoms with E-state index in [4.69, 9.17) is 0 Å². The summed E-state index contributed by atoms with van der Waals surface area (Å²) in [6, 6.07) is 15.1. The van der Waals surface area contributed by atoms with E-state index in [9.17, 15) is 0 Å². The van der Waals surface area contributed by atoms with Gasteiger partial charge in [-0.15, -0.1) is 0 Å². The average Bonchev–Trinajstić information content (AvgIpc) is 2.99. The molecule has 0 nitrogen and oxygen atoms in total. The minimum Gasteiger partial charge on any atom is -0.0613 e. The third-order valence-corrected chi connectivity index (χ3v) is 12.1. The summed E-state index contributed by atoms with van der Waals surface area (Å²) in [5.41, 5.74) is 7.23. The first kappa shape index (κ1) is 26.1. The van der Waals surface area contributed by atoms with Crippen molar-refractivity contribution in [1.29, 1.82) is 0 Å². The quantitative estimate of drug-likeness (QED) is 0.336. The molecule has 2 aromatic rings. The first-order chi connectivity index (χ1) is 18.4. The van der Waals surface area contributed by atoms with Gasteiger partial charge < -0.3 is 0 Å². The zero-order chi connectivity index (χ0) is 24.9. The Kier molecular flexibility index (Phi) is 9.04. The van der Waals surface area contributed by atoms with Crippen molar-refractivity contribution in [1.82, 2.24) is 0 Å². The number of hydrogen-bond acceptors (Lipinski definition) is 0. The van der Waals surface area contributed by atoms with Gasteiger partial charge in [0.05, 0.1) is 0 Å². The third-order valence-electron chi connectivity index (χ3n) is 10.7. The van der Waals surface area contributed by atoms with Gasteiger partial charge in [0, 0.05) is 0 Å². The molecule has 0 aromatic heterocycles. The Morgan fingerprint density at radius 3 is 1.05 bits per heavy atom. The van der Waals surface area contributed by atoms with Gasteiger partial charge in [-0.1, -0.05) is 122 Å². The molecule has 1 heteroatoms. The SMILES string of the molecule is c1cc(Pc2cccc(C3CCCCC3)c2C2CCCCC2)c(C2CCCCC2)c(C2CCCCC2)c1. The minimum absolute atomic E-state index is 0.814. The molecule has 37 heavy (non-hydrogen) atoms. The molecular formula is C36H51P. The van der Waals surface area contributed by atoms with E-state index in [2.05, 4.69) is 36.4 Å². The van der Waals surface area contributed by atoms with Crippen LogP contribution in [-0.2, 0) is 0 Å². The number of rotatable bonds is 6. The second-order valence-electron chi connectivity index (χ2n) is 13.1. The average molecular weight is 515 g/mol. The third kappa shape index (κ3) is 6.06. The fraction of sp³-hybridized carbons (Fsp3) is 0.667. The summed E-state index contributed by atoms with van der Waals surface area (Å²) in [6.45, 7) is 0. The maximum absolute atomic E-state index is 2.56. The summed E-state index contributed by atoms with van der Waals surface area (Å²) in [4.78, 5) is 0. The Labute approximate surface area is 229 Å². The molecule has 0 aliphatic heterocycles. The molecular weight excluding hydrogens is 463 g/mol. The Balaban J connectivity index is 1.40. The zero-order valence-electron chi connectivity index (χ0n) is 23.4. The van der Waals surface area contributed by atoms with Gasteiger partial charge in [0.15, 0.2) is 0 Å². The van der Waals surface area contributed by atoms with Crippen molar-refractivity contribution in [3.8, 4) is 0 Å². The lowest BCUT2D eigenvalue weighted by atomic mass is 9.76. The Morgan fingerprint density at radius 1 is 0.378 bits per heavy atom. The van der Waals surface area contributed by atoms with Crippen LogP contribution in [0.25, 0.3) is 0 Å². The molecule has 0 heterocycles. The summed E-state index contributed by atoms with van der Waals surface area (Å²) >= 11 is 0. The molecule has 2 aromatic carbocycles. The standard InChI is InChI=1S/C36H51P/c1-5-15-27(16-6-1)31-23-13-25-33(35(31)29-19-9-3-10-20-29)37-34-26-14-24-32(28-17-7-2-8-18-28)36(34)30-21-11-4-12-22-30/h13-14,23-30,37H,1-12,15-22H2. The lowest BCUT2D eigenvalue weighted by Gasteiger charge is -2.33. The van der Waals surface area contributed by atoms with E-state index >= 15 is 0 Å². The molecule has 200 valence electrons. The molecule has 0 N–H and O–H groups in total. The molecule has 0 saturated heterocycles. The van der Waals surface area contributed by atoms with Crippen LogP contribution < -0.4 is 10.6 Å². The van der Waals surface area contributed by atoms with E-state index in [1.54, 1.807) is 21.7 Å². The first-order valence-corrected chi connectivity index (χ1v) is 17.4. The van der Waals surface area contributed by atoms with E-state index in [-0.39, 0.29) is 0 Å². The van der Waals surface area contributed by atoms with Crippen LogP contribution in [0.3, 0.4) is 0 Å². The second kappa shape index (κ2) is 12.8. The number of hydrogen-bond donors (Lipinski definition) is 0. The molecule has 6 rings (SSSR count). The van der Waals surface area contributed by atoms with Crippen molar-refractivity contribution in [2.45, 2.75) is 152 Å². The molecule has 4 aliphatic rings. The predicted octanol–water partition coefficient (Wildman–Crippen LogP) is 10.5. The Bertz CT molecular complexity index is 916. The van der Waals surface area contributed by atoms with Crippen molar-refractivity contribution < 1.29 is 0 Å². The predicted molar refractivity (Wildman–Crippen MR) is 164 cm³/mol. The van der Waals surface area contributed by atoms with Gasteiger partial charge in [0.25, 0.3) is 0 Å². The summed E-state index contributed by atoms with van der Waals surface area (Å²) in [6.07, 6.45) is 28.8. The Hall–Kier alpha value is -1.13. The maximum atomic E-state index is 2.56. The van der Waals surface area contributed by atoms with Crippen LogP contribution in [0.2, 0.25) is 0 Å². The highest BCUT2D eigenvalue weighted by atomic mass is 31.1. The zero-order valence-corrected chi connectivity index (χ0v) is 24.4. The molecule has 0 radical (unpaired) electrons. The highest BCUT2D eigenvalue weighted by Crippen LogP contribution is 2.44. The summed E-state index contributed by atoms with van der Waals surface area (Å²) in [5.74, 6) is 3.27.